The van der Waals surface area contributed by atoms with Crippen LogP contribution in [0.1, 0.15) is 22.5 Å². The van der Waals surface area contributed by atoms with Crippen LogP contribution in [0.3, 0.4) is 0 Å². The van der Waals surface area contributed by atoms with Crippen molar-refractivity contribution in [3.63, 3.8) is 0 Å². The zero-order chi connectivity index (χ0) is 15.2. The van der Waals surface area contributed by atoms with Gasteiger partial charge in [-0.25, -0.2) is 4.98 Å². The number of nitrogens with zero attached hydrogens (tertiary/aromatic N) is 2. The molecule has 1 fully saturated rings. The van der Waals surface area contributed by atoms with Crippen LogP contribution in [0.2, 0.25) is 0 Å². The van der Waals surface area contributed by atoms with E-state index < -0.39 is 0 Å². The maximum Gasteiger partial charge on any atom is 0.251 e. The molecule has 2 aromatic heterocycles. The average molecular weight is 299 g/mol. The Morgan fingerprint density at radius 1 is 1.32 bits per heavy atom. The quantitative estimate of drug-likeness (QED) is 0.907. The molecule has 0 radical (unpaired) electrons. The van der Waals surface area contributed by atoms with Gasteiger partial charge in [0.25, 0.3) is 5.91 Å². The average Bonchev–Trinajstić information content (AvgIpc) is 3.07. The molecule has 1 aliphatic rings. The predicted molar refractivity (Wildman–Crippen MR) is 79.5 cm³/mol. The molecule has 1 aliphatic heterocycles. The molecule has 6 nitrogen and oxygen atoms in total. The Labute approximate surface area is 128 Å². The Bertz CT molecular complexity index is 628. The molecule has 0 unspecified atom stereocenters. The standard InChI is InChI=1S/C16H17N3O3/c20-16(19-10-13-3-1-2-6-17-13)12-4-7-18-15(9-12)22-14-5-8-21-11-14/h1-4,6-7,9,14H,5,8,10-11H2,(H,19,20)/t14-/m1/s1. The topological polar surface area (TPSA) is 73.3 Å². The van der Waals surface area contributed by atoms with Gasteiger partial charge in [-0.1, -0.05) is 6.07 Å². The summed E-state index contributed by atoms with van der Waals surface area (Å²) in [5.74, 6) is 0.265. The summed E-state index contributed by atoms with van der Waals surface area (Å²) in [6.45, 7) is 1.65. The first-order valence-corrected chi connectivity index (χ1v) is 7.20. The Hall–Kier alpha value is -2.47. The van der Waals surface area contributed by atoms with E-state index in [-0.39, 0.29) is 12.0 Å². The number of hydrogen-bond donors (Lipinski definition) is 1. The van der Waals surface area contributed by atoms with E-state index in [2.05, 4.69) is 15.3 Å². The molecule has 0 spiro atoms. The highest BCUT2D eigenvalue weighted by atomic mass is 16.5. The van der Waals surface area contributed by atoms with E-state index in [1.54, 1.807) is 24.5 Å². The minimum Gasteiger partial charge on any atom is -0.472 e. The third-order valence-electron chi connectivity index (χ3n) is 3.33. The minimum absolute atomic E-state index is 0.0133. The van der Waals surface area contributed by atoms with Crippen molar-refractivity contribution in [1.82, 2.24) is 15.3 Å². The predicted octanol–water partition coefficient (Wildman–Crippen LogP) is 1.57. The van der Waals surface area contributed by atoms with Crippen LogP contribution >= 0.6 is 0 Å². The third kappa shape index (κ3) is 3.79. The van der Waals surface area contributed by atoms with E-state index in [1.807, 2.05) is 18.2 Å². The van der Waals surface area contributed by atoms with Crippen molar-refractivity contribution < 1.29 is 14.3 Å². The van der Waals surface area contributed by atoms with Crippen LogP contribution in [0.15, 0.2) is 42.7 Å². The second-order valence-electron chi connectivity index (χ2n) is 4.99. The molecule has 22 heavy (non-hydrogen) atoms. The molecule has 1 amide bonds. The molecule has 1 saturated heterocycles. The zero-order valence-corrected chi connectivity index (χ0v) is 12.1. The van der Waals surface area contributed by atoms with Crippen molar-refractivity contribution in [2.24, 2.45) is 0 Å². The minimum atomic E-state index is -0.180. The van der Waals surface area contributed by atoms with E-state index in [0.717, 1.165) is 12.1 Å². The molecule has 0 aromatic carbocycles. The van der Waals surface area contributed by atoms with Crippen LogP contribution in [0.4, 0.5) is 0 Å². The Morgan fingerprint density at radius 3 is 3.05 bits per heavy atom. The summed E-state index contributed by atoms with van der Waals surface area (Å²) >= 11 is 0. The van der Waals surface area contributed by atoms with E-state index in [0.29, 0.717) is 31.2 Å². The number of carbonyl (C=O) groups excluding carboxylic acids is 1. The summed E-state index contributed by atoms with van der Waals surface area (Å²) in [5.41, 5.74) is 1.32. The lowest BCUT2D eigenvalue weighted by Gasteiger charge is -2.11. The summed E-state index contributed by atoms with van der Waals surface area (Å²) in [6, 6.07) is 8.89. The largest absolute Gasteiger partial charge is 0.472 e. The Kier molecular flexibility index (Phi) is 4.60. The number of ether oxygens (including phenoxy) is 2. The second kappa shape index (κ2) is 7.00. The lowest BCUT2D eigenvalue weighted by Crippen LogP contribution is -2.23. The highest BCUT2D eigenvalue weighted by Gasteiger charge is 2.18. The molecular weight excluding hydrogens is 282 g/mol. The number of nitrogens with one attached hydrogen (secondary N) is 1. The third-order valence-corrected chi connectivity index (χ3v) is 3.33. The van der Waals surface area contributed by atoms with Crippen molar-refractivity contribution in [2.75, 3.05) is 13.2 Å². The van der Waals surface area contributed by atoms with E-state index in [1.165, 1.54) is 0 Å². The molecule has 1 N–H and O–H groups in total. The van der Waals surface area contributed by atoms with Crippen LogP contribution in [-0.2, 0) is 11.3 Å². The SMILES string of the molecule is O=C(NCc1ccccn1)c1ccnc(O[C@@H]2CCOC2)c1. The van der Waals surface area contributed by atoms with Gasteiger partial charge < -0.3 is 14.8 Å². The fraction of sp³-hybridized carbons (Fsp3) is 0.312. The van der Waals surface area contributed by atoms with Crippen molar-refractivity contribution in [3.05, 3.63) is 54.0 Å². The molecule has 114 valence electrons. The van der Waals surface area contributed by atoms with Gasteiger partial charge in [-0.05, 0) is 18.2 Å². The number of pyridine rings is 2. The molecule has 0 aliphatic carbocycles. The maximum atomic E-state index is 12.2. The summed E-state index contributed by atoms with van der Waals surface area (Å²) < 4.78 is 11.0. The molecule has 0 saturated carbocycles. The lowest BCUT2D eigenvalue weighted by molar-refractivity contribution is 0.0949. The highest BCUT2D eigenvalue weighted by Crippen LogP contribution is 2.15. The maximum absolute atomic E-state index is 12.2. The van der Waals surface area contributed by atoms with Gasteiger partial charge in [0.1, 0.15) is 6.10 Å². The number of rotatable bonds is 5. The van der Waals surface area contributed by atoms with Crippen LogP contribution in [-0.4, -0.2) is 35.2 Å². The van der Waals surface area contributed by atoms with Gasteiger partial charge in [0.2, 0.25) is 5.88 Å². The highest BCUT2D eigenvalue weighted by molar-refractivity contribution is 5.94. The number of aromatic nitrogens is 2. The van der Waals surface area contributed by atoms with Gasteiger partial charge in [-0.15, -0.1) is 0 Å². The Morgan fingerprint density at radius 2 is 2.27 bits per heavy atom. The number of amides is 1. The first kappa shape index (κ1) is 14.5. The van der Waals surface area contributed by atoms with Gasteiger partial charge in [0.05, 0.1) is 25.5 Å². The van der Waals surface area contributed by atoms with Crippen molar-refractivity contribution in [1.29, 1.82) is 0 Å². The van der Waals surface area contributed by atoms with Crippen LogP contribution < -0.4 is 10.1 Å². The summed E-state index contributed by atoms with van der Waals surface area (Å²) in [4.78, 5) is 20.5. The molecule has 3 rings (SSSR count). The van der Waals surface area contributed by atoms with Crippen molar-refractivity contribution in [2.45, 2.75) is 19.1 Å². The molecule has 3 heterocycles. The summed E-state index contributed by atoms with van der Waals surface area (Å²) in [7, 11) is 0. The van der Waals surface area contributed by atoms with E-state index in [4.69, 9.17) is 9.47 Å². The molecule has 6 heteroatoms. The van der Waals surface area contributed by atoms with Gasteiger partial charge in [-0.3, -0.25) is 9.78 Å². The first-order valence-electron chi connectivity index (χ1n) is 7.20. The van der Waals surface area contributed by atoms with Gasteiger partial charge >= 0.3 is 0 Å². The molecule has 1 atom stereocenters. The fourth-order valence-corrected chi connectivity index (χ4v) is 2.17. The van der Waals surface area contributed by atoms with Crippen molar-refractivity contribution >= 4 is 5.91 Å². The number of hydrogen-bond acceptors (Lipinski definition) is 5. The first-order chi connectivity index (χ1) is 10.8. The van der Waals surface area contributed by atoms with Gasteiger partial charge in [0.15, 0.2) is 0 Å². The monoisotopic (exact) mass is 299 g/mol. The van der Waals surface area contributed by atoms with Crippen LogP contribution in [0, 0.1) is 0 Å². The van der Waals surface area contributed by atoms with E-state index in [9.17, 15) is 4.79 Å². The Balaban J connectivity index is 1.59. The van der Waals surface area contributed by atoms with Gasteiger partial charge in [-0.2, -0.15) is 0 Å². The second-order valence-corrected chi connectivity index (χ2v) is 4.99. The van der Waals surface area contributed by atoms with Gasteiger partial charge in [0, 0.05) is 30.4 Å². The van der Waals surface area contributed by atoms with Crippen LogP contribution in [0.5, 0.6) is 5.88 Å². The molecule has 2 aromatic rings. The smallest absolute Gasteiger partial charge is 0.251 e. The normalized spacial score (nSPS) is 17.2. The lowest BCUT2D eigenvalue weighted by atomic mass is 10.2. The molecular formula is C16H17N3O3. The van der Waals surface area contributed by atoms with E-state index >= 15 is 0 Å². The fourth-order valence-electron chi connectivity index (χ4n) is 2.17. The summed E-state index contributed by atoms with van der Waals surface area (Å²) in [6.07, 6.45) is 4.13. The van der Waals surface area contributed by atoms with Crippen molar-refractivity contribution in [3.8, 4) is 5.88 Å². The number of carbonyl (C=O) groups is 1. The summed E-state index contributed by atoms with van der Waals surface area (Å²) in [5, 5.41) is 2.83. The van der Waals surface area contributed by atoms with Crippen LogP contribution in [0.25, 0.3) is 0 Å². The zero-order valence-electron chi connectivity index (χ0n) is 12.1. The molecule has 0 bridgehead atoms.